The van der Waals surface area contributed by atoms with Gasteiger partial charge in [0.15, 0.2) is 35.0 Å². The van der Waals surface area contributed by atoms with E-state index < -0.39 is 58.4 Å². The average molecular weight is 411 g/mol. The Hall–Kier alpha value is -1.27. The van der Waals surface area contributed by atoms with Crippen LogP contribution in [0.4, 0.5) is 0 Å². The smallest absolute Gasteiger partial charge is 0.213 e. The van der Waals surface area contributed by atoms with Gasteiger partial charge in [-0.2, -0.15) is 0 Å². The van der Waals surface area contributed by atoms with E-state index in [0.717, 1.165) is 20.8 Å². The van der Waals surface area contributed by atoms with Crippen LogP contribution in [0.25, 0.3) is 0 Å². The van der Waals surface area contributed by atoms with E-state index >= 15 is 0 Å². The van der Waals surface area contributed by atoms with Crippen LogP contribution in [-0.4, -0.2) is 91.3 Å². The lowest BCUT2D eigenvalue weighted by molar-refractivity contribution is -0.371. The van der Waals surface area contributed by atoms with E-state index in [1.165, 1.54) is 0 Å². The first-order valence-electron chi connectivity index (χ1n) is 7.96. The second-order valence-electron chi connectivity index (χ2n) is 6.42. The molecule has 1 aliphatic rings. The van der Waals surface area contributed by atoms with Crippen molar-refractivity contribution in [2.24, 2.45) is 0 Å². The predicted molar refractivity (Wildman–Crippen MR) is 88.9 cm³/mol. The molecule has 0 spiro atoms. The molecule has 1 rings (SSSR count). The summed E-state index contributed by atoms with van der Waals surface area (Å²) in [5, 5.41) is 43.2. The van der Waals surface area contributed by atoms with E-state index in [1.54, 1.807) is 0 Å². The van der Waals surface area contributed by atoms with Crippen LogP contribution < -0.4 is 0 Å². The lowest BCUT2D eigenvalue weighted by Gasteiger charge is -2.57. The maximum Gasteiger partial charge on any atom is 0.213 e. The van der Waals surface area contributed by atoms with Gasteiger partial charge < -0.3 is 29.9 Å². The first kappa shape index (κ1) is 23.8. The number of rotatable bonds is 8. The first-order chi connectivity index (χ1) is 12.2. The third-order valence-electron chi connectivity index (χ3n) is 4.76. The summed E-state index contributed by atoms with van der Waals surface area (Å²) in [7, 11) is 0. The SMILES string of the molecule is CC(=O)C(O)[C@H]1O[C@H](OCCCl)[C@@](O)(C(C)=O)[C@](O)(C(C)=O)[C@@]1(O)C(C)=O. The molecule has 1 unspecified atom stereocenters. The zero-order valence-electron chi connectivity index (χ0n) is 15.3. The Kier molecular flexibility index (Phi) is 7.04. The van der Waals surface area contributed by atoms with Gasteiger partial charge in [0.2, 0.25) is 11.2 Å². The van der Waals surface area contributed by atoms with Crippen LogP contribution in [0.3, 0.4) is 0 Å². The van der Waals surface area contributed by atoms with Crippen molar-refractivity contribution in [3.63, 3.8) is 0 Å². The number of hydrogen-bond acceptors (Lipinski definition) is 10. The Morgan fingerprint density at radius 1 is 1.00 bits per heavy atom. The van der Waals surface area contributed by atoms with Crippen molar-refractivity contribution in [1.82, 2.24) is 0 Å². The van der Waals surface area contributed by atoms with Gasteiger partial charge in [-0.05, 0) is 27.7 Å². The normalized spacial score (nSPS) is 37.5. The van der Waals surface area contributed by atoms with Crippen LogP contribution in [0.15, 0.2) is 0 Å². The second kappa shape index (κ2) is 8.00. The summed E-state index contributed by atoms with van der Waals surface area (Å²) in [6.45, 7) is 2.79. The molecule has 1 heterocycles. The fraction of sp³-hybridized carbons (Fsp3) is 0.750. The van der Waals surface area contributed by atoms with Gasteiger partial charge in [0, 0.05) is 5.88 Å². The molecule has 27 heavy (non-hydrogen) atoms. The lowest BCUT2D eigenvalue weighted by Crippen LogP contribution is -2.87. The van der Waals surface area contributed by atoms with Gasteiger partial charge in [-0.15, -0.1) is 11.6 Å². The summed E-state index contributed by atoms with van der Waals surface area (Å²) in [5.74, 6) is -5.11. The highest BCUT2D eigenvalue weighted by molar-refractivity contribution is 6.18. The van der Waals surface area contributed by atoms with Crippen molar-refractivity contribution < 1.29 is 49.1 Å². The Bertz CT molecular complexity index is 651. The van der Waals surface area contributed by atoms with E-state index in [-0.39, 0.29) is 12.5 Å². The minimum Gasteiger partial charge on any atom is -0.382 e. The quantitative estimate of drug-likeness (QED) is 0.324. The number of ketones is 4. The minimum atomic E-state index is -3.49. The molecular formula is C16H23ClO10. The van der Waals surface area contributed by atoms with Crippen molar-refractivity contribution in [3.8, 4) is 0 Å². The lowest BCUT2D eigenvalue weighted by atomic mass is 9.60. The molecule has 0 amide bonds. The van der Waals surface area contributed by atoms with Gasteiger partial charge >= 0.3 is 0 Å². The summed E-state index contributed by atoms with van der Waals surface area (Å²) in [4.78, 5) is 48.5. The maximum absolute atomic E-state index is 12.3. The number of halogens is 1. The maximum atomic E-state index is 12.3. The molecule has 11 heteroatoms. The zero-order chi connectivity index (χ0) is 21.4. The van der Waals surface area contributed by atoms with Gasteiger partial charge in [0.05, 0.1) is 6.61 Å². The van der Waals surface area contributed by atoms with Gasteiger partial charge in [-0.1, -0.05) is 0 Å². The fourth-order valence-corrected chi connectivity index (χ4v) is 3.33. The summed E-state index contributed by atoms with van der Waals surface area (Å²) in [6.07, 6.45) is -6.54. The van der Waals surface area contributed by atoms with Gasteiger partial charge in [0.25, 0.3) is 0 Å². The molecule has 0 aromatic rings. The Balaban J connectivity index is 3.87. The van der Waals surface area contributed by atoms with Crippen LogP contribution in [0.1, 0.15) is 27.7 Å². The zero-order valence-corrected chi connectivity index (χ0v) is 16.0. The highest BCUT2D eigenvalue weighted by atomic mass is 35.5. The van der Waals surface area contributed by atoms with Crippen molar-refractivity contribution in [2.75, 3.05) is 12.5 Å². The molecule has 1 fully saturated rings. The summed E-state index contributed by atoms with van der Waals surface area (Å²) in [6, 6.07) is 0. The van der Waals surface area contributed by atoms with E-state index in [9.17, 15) is 39.6 Å². The highest BCUT2D eigenvalue weighted by Crippen LogP contribution is 2.47. The predicted octanol–water partition coefficient (Wildman–Crippen LogP) is -2.12. The van der Waals surface area contributed by atoms with Crippen LogP contribution in [-0.2, 0) is 28.7 Å². The van der Waals surface area contributed by atoms with E-state index in [2.05, 4.69) is 0 Å². The number of Topliss-reactive ketones (excluding diaryl/α,β-unsaturated/α-hetero) is 4. The number of ether oxygens (including phenoxy) is 2. The molecule has 10 nitrogen and oxygen atoms in total. The van der Waals surface area contributed by atoms with Crippen molar-refractivity contribution in [2.45, 2.75) is 63.0 Å². The van der Waals surface area contributed by atoms with Crippen LogP contribution in [0, 0.1) is 0 Å². The minimum absolute atomic E-state index is 0.150. The first-order valence-corrected chi connectivity index (χ1v) is 8.49. The third kappa shape index (κ3) is 3.25. The summed E-state index contributed by atoms with van der Waals surface area (Å²) in [5.41, 5.74) is -10.1. The molecule has 0 saturated carbocycles. The molecule has 0 aromatic carbocycles. The molecule has 4 N–H and O–H groups in total. The molecule has 0 radical (unpaired) electrons. The number of aliphatic hydroxyl groups excluding tert-OH is 1. The molecule has 0 bridgehead atoms. The summed E-state index contributed by atoms with van der Waals surface area (Å²) >= 11 is 5.50. The molecule has 1 aliphatic heterocycles. The van der Waals surface area contributed by atoms with Crippen LogP contribution >= 0.6 is 11.6 Å². The van der Waals surface area contributed by atoms with Gasteiger partial charge in [-0.3, -0.25) is 19.2 Å². The summed E-state index contributed by atoms with van der Waals surface area (Å²) < 4.78 is 10.3. The van der Waals surface area contributed by atoms with E-state index in [1.807, 2.05) is 0 Å². The Morgan fingerprint density at radius 3 is 1.81 bits per heavy atom. The Labute approximate surface area is 160 Å². The van der Waals surface area contributed by atoms with Crippen LogP contribution in [0.2, 0.25) is 0 Å². The van der Waals surface area contributed by atoms with Crippen molar-refractivity contribution in [1.29, 1.82) is 0 Å². The highest BCUT2D eigenvalue weighted by Gasteiger charge is 2.79. The number of carbonyl (C=O) groups is 4. The topological polar surface area (TPSA) is 168 Å². The number of aliphatic hydroxyl groups is 4. The van der Waals surface area contributed by atoms with Gasteiger partial charge in [-0.25, -0.2) is 0 Å². The molecule has 1 saturated heterocycles. The monoisotopic (exact) mass is 410 g/mol. The van der Waals surface area contributed by atoms with Crippen molar-refractivity contribution in [3.05, 3.63) is 0 Å². The third-order valence-corrected chi connectivity index (χ3v) is 4.91. The molecule has 154 valence electrons. The average Bonchev–Trinajstić information content (AvgIpc) is 2.57. The molecule has 0 aliphatic carbocycles. The molecule has 6 atom stereocenters. The fourth-order valence-electron chi connectivity index (χ4n) is 3.24. The van der Waals surface area contributed by atoms with E-state index in [4.69, 9.17) is 21.1 Å². The number of hydrogen-bond donors (Lipinski definition) is 4. The molecule has 0 aromatic heterocycles. The van der Waals surface area contributed by atoms with E-state index in [0.29, 0.717) is 6.92 Å². The standard InChI is InChI=1S/C16H23ClO10/c1-7(18)11(22)12-14(23,8(2)19)16(25,10(4)21)15(24,9(3)20)13(27-12)26-6-5-17/h11-13,22-25H,5-6H2,1-4H3/t11?,12-,13+,14-,15+,16+/m1/s1. The largest absolute Gasteiger partial charge is 0.382 e. The molecular weight excluding hydrogens is 388 g/mol. The Morgan fingerprint density at radius 2 is 1.48 bits per heavy atom. The van der Waals surface area contributed by atoms with Crippen molar-refractivity contribution >= 4 is 34.7 Å². The van der Waals surface area contributed by atoms with Gasteiger partial charge in [0.1, 0.15) is 12.2 Å². The number of alkyl halides is 1. The van der Waals surface area contributed by atoms with Crippen LogP contribution in [0.5, 0.6) is 0 Å². The second-order valence-corrected chi connectivity index (χ2v) is 6.79. The number of carbonyl (C=O) groups excluding carboxylic acids is 4.